The number of sulfonamides is 1. The molecule has 0 saturated heterocycles. The van der Waals surface area contributed by atoms with E-state index in [1.807, 2.05) is 13.8 Å². The molecular formula is C21H29N5O5S. The molecule has 2 aromatic heterocycles. The summed E-state index contributed by atoms with van der Waals surface area (Å²) < 4.78 is 35.2. The van der Waals surface area contributed by atoms with Gasteiger partial charge in [0.2, 0.25) is 10.0 Å². The zero-order chi connectivity index (χ0) is 23.3. The summed E-state index contributed by atoms with van der Waals surface area (Å²) >= 11 is 0. The number of hydrogen-bond donors (Lipinski definition) is 3. The number of fused-ring (bicyclic) bond motifs is 1. The number of hydrogen-bond acceptors (Lipinski definition) is 7. The van der Waals surface area contributed by atoms with Gasteiger partial charge in [0.1, 0.15) is 11.6 Å². The number of aromatic amines is 1. The number of H-pyrrole nitrogens is 1. The third-order valence-electron chi connectivity index (χ3n) is 4.91. The van der Waals surface area contributed by atoms with E-state index in [2.05, 4.69) is 19.8 Å². The highest BCUT2D eigenvalue weighted by Gasteiger charge is 2.20. The molecule has 0 atom stereocenters. The van der Waals surface area contributed by atoms with Gasteiger partial charge in [0.25, 0.3) is 5.56 Å². The monoisotopic (exact) mass is 463 g/mol. The number of benzene rings is 1. The van der Waals surface area contributed by atoms with E-state index in [0.29, 0.717) is 54.2 Å². The van der Waals surface area contributed by atoms with E-state index >= 15 is 0 Å². The number of nitrogens with zero attached hydrogens (tertiary/aromatic N) is 3. The largest absolute Gasteiger partial charge is 0.493 e. The third-order valence-corrected chi connectivity index (χ3v) is 6.37. The van der Waals surface area contributed by atoms with Gasteiger partial charge in [-0.15, -0.1) is 5.10 Å². The number of unbranched alkanes of at least 4 members (excludes halogenated alkanes) is 1. The fourth-order valence-electron chi connectivity index (χ4n) is 3.41. The first-order valence-electron chi connectivity index (χ1n) is 10.7. The molecule has 0 spiro atoms. The summed E-state index contributed by atoms with van der Waals surface area (Å²) in [6, 6.07) is 4.44. The van der Waals surface area contributed by atoms with Crippen molar-refractivity contribution in [3.8, 4) is 17.1 Å². The second-order valence-corrected chi connectivity index (χ2v) is 9.11. The Kier molecular flexibility index (Phi) is 7.64. The van der Waals surface area contributed by atoms with Gasteiger partial charge in [-0.05, 0) is 51.3 Å². The standard InChI is InChI=1S/C21H29N5O5S/c1-4-8-18-23-14(3)19-21(28)24-20(25-26(18)19)16-13-15(9-10-17(16)31-5-2)32(29,30)22-11-6-7-12-27/h9-10,13,22,27H,4-8,11-12H2,1-3H3,(H,24,25,28). The average molecular weight is 464 g/mol. The maximum atomic E-state index is 12.8. The van der Waals surface area contributed by atoms with E-state index < -0.39 is 10.0 Å². The Balaban J connectivity index is 2.11. The number of nitrogens with one attached hydrogen (secondary N) is 2. The predicted molar refractivity (Wildman–Crippen MR) is 120 cm³/mol. The minimum atomic E-state index is -3.79. The quantitative estimate of drug-likeness (QED) is 0.369. The fraction of sp³-hybridized carbons (Fsp3) is 0.476. The van der Waals surface area contributed by atoms with Crippen molar-refractivity contribution in [2.45, 2.75) is 51.3 Å². The van der Waals surface area contributed by atoms with E-state index in [1.54, 1.807) is 13.0 Å². The van der Waals surface area contributed by atoms with E-state index in [9.17, 15) is 13.2 Å². The van der Waals surface area contributed by atoms with Gasteiger partial charge in [-0.3, -0.25) is 4.79 Å². The van der Waals surface area contributed by atoms with Gasteiger partial charge in [-0.1, -0.05) is 6.92 Å². The molecule has 0 bridgehead atoms. The molecular weight excluding hydrogens is 434 g/mol. The van der Waals surface area contributed by atoms with Crippen molar-refractivity contribution in [3.63, 3.8) is 0 Å². The molecule has 10 nitrogen and oxygen atoms in total. The lowest BCUT2D eigenvalue weighted by Gasteiger charge is -2.13. The molecule has 0 unspecified atom stereocenters. The van der Waals surface area contributed by atoms with Crippen LogP contribution in [0.1, 0.15) is 44.6 Å². The number of rotatable bonds is 11. The van der Waals surface area contributed by atoms with Crippen molar-refractivity contribution in [3.05, 3.63) is 40.1 Å². The molecule has 0 saturated carbocycles. The predicted octanol–water partition coefficient (Wildman–Crippen LogP) is 1.80. The fourth-order valence-corrected chi connectivity index (χ4v) is 4.51. The molecule has 0 aliphatic rings. The Labute approximate surface area is 186 Å². The second-order valence-electron chi connectivity index (χ2n) is 7.35. The van der Waals surface area contributed by atoms with Crippen LogP contribution in [-0.4, -0.2) is 52.9 Å². The molecule has 3 rings (SSSR count). The van der Waals surface area contributed by atoms with Crippen molar-refractivity contribution in [1.82, 2.24) is 24.3 Å². The topological polar surface area (TPSA) is 139 Å². The molecule has 3 aromatic rings. The normalized spacial score (nSPS) is 11.9. The summed E-state index contributed by atoms with van der Waals surface area (Å²) in [5.74, 6) is 1.26. The summed E-state index contributed by atoms with van der Waals surface area (Å²) in [6.45, 7) is 6.16. The zero-order valence-corrected chi connectivity index (χ0v) is 19.3. The summed E-state index contributed by atoms with van der Waals surface area (Å²) in [6.07, 6.45) is 2.51. The first kappa shape index (κ1) is 23.9. The Bertz CT molecular complexity index is 1250. The van der Waals surface area contributed by atoms with Gasteiger partial charge in [0, 0.05) is 19.6 Å². The second kappa shape index (κ2) is 10.2. The van der Waals surface area contributed by atoms with E-state index in [4.69, 9.17) is 9.84 Å². The first-order valence-corrected chi connectivity index (χ1v) is 12.2. The summed E-state index contributed by atoms with van der Waals surface area (Å²) in [4.78, 5) is 20.1. The van der Waals surface area contributed by atoms with Crippen molar-refractivity contribution < 1.29 is 18.3 Å². The minimum Gasteiger partial charge on any atom is -0.493 e. The number of ether oxygens (including phenoxy) is 1. The maximum Gasteiger partial charge on any atom is 0.277 e. The van der Waals surface area contributed by atoms with Crippen molar-refractivity contribution in [1.29, 1.82) is 0 Å². The molecule has 0 fully saturated rings. The number of aryl methyl sites for hydroxylation is 2. The molecule has 32 heavy (non-hydrogen) atoms. The van der Waals surface area contributed by atoms with Gasteiger partial charge in [0.05, 0.1) is 22.8 Å². The van der Waals surface area contributed by atoms with Gasteiger partial charge in [0.15, 0.2) is 11.3 Å². The average Bonchev–Trinajstić information content (AvgIpc) is 3.07. The van der Waals surface area contributed by atoms with Crippen LogP contribution in [0.4, 0.5) is 0 Å². The van der Waals surface area contributed by atoms with Crippen LogP contribution in [0.2, 0.25) is 0 Å². The van der Waals surface area contributed by atoms with E-state index in [1.165, 1.54) is 16.6 Å². The Morgan fingerprint density at radius 3 is 2.72 bits per heavy atom. The van der Waals surface area contributed by atoms with Gasteiger partial charge < -0.3 is 14.8 Å². The van der Waals surface area contributed by atoms with Gasteiger partial charge in [-0.2, -0.15) is 0 Å². The van der Waals surface area contributed by atoms with Crippen molar-refractivity contribution in [2.24, 2.45) is 0 Å². The molecule has 0 amide bonds. The van der Waals surface area contributed by atoms with Crippen molar-refractivity contribution >= 4 is 15.5 Å². The van der Waals surface area contributed by atoms with Crippen LogP contribution in [-0.2, 0) is 16.4 Å². The molecule has 1 aromatic carbocycles. The van der Waals surface area contributed by atoms with Crippen LogP contribution in [0.3, 0.4) is 0 Å². The SMILES string of the molecule is CCCc1nc(C)c2c(=O)[nH]c(-c3cc(S(=O)(=O)NCCCCO)ccc3OCC)nn12. The summed E-state index contributed by atoms with van der Waals surface area (Å²) in [5, 5.41) is 13.4. The van der Waals surface area contributed by atoms with Crippen molar-refractivity contribution in [2.75, 3.05) is 19.8 Å². The Morgan fingerprint density at radius 2 is 2.03 bits per heavy atom. The molecule has 2 heterocycles. The Hall–Kier alpha value is -2.76. The third kappa shape index (κ3) is 5.00. The van der Waals surface area contributed by atoms with Gasteiger partial charge >= 0.3 is 0 Å². The molecule has 3 N–H and O–H groups in total. The van der Waals surface area contributed by atoms with Crippen LogP contribution in [0.25, 0.3) is 16.9 Å². The van der Waals surface area contributed by atoms with E-state index in [0.717, 1.165) is 6.42 Å². The van der Waals surface area contributed by atoms with Gasteiger partial charge in [-0.25, -0.2) is 22.6 Å². The van der Waals surface area contributed by atoms with Crippen LogP contribution < -0.4 is 15.0 Å². The summed E-state index contributed by atoms with van der Waals surface area (Å²) in [7, 11) is -3.79. The summed E-state index contributed by atoms with van der Waals surface area (Å²) in [5.41, 5.74) is 0.949. The van der Waals surface area contributed by atoms with Crippen LogP contribution in [0, 0.1) is 6.92 Å². The van der Waals surface area contributed by atoms with E-state index in [-0.39, 0.29) is 29.4 Å². The number of imidazole rings is 1. The highest BCUT2D eigenvalue weighted by molar-refractivity contribution is 7.89. The zero-order valence-electron chi connectivity index (χ0n) is 18.5. The molecule has 0 radical (unpaired) electrons. The Morgan fingerprint density at radius 1 is 1.25 bits per heavy atom. The number of aromatic nitrogens is 4. The lowest BCUT2D eigenvalue weighted by molar-refractivity contribution is 0.285. The number of aliphatic hydroxyl groups excluding tert-OH is 1. The molecule has 0 aliphatic heterocycles. The number of aliphatic hydroxyl groups is 1. The molecule has 0 aliphatic carbocycles. The lowest BCUT2D eigenvalue weighted by atomic mass is 10.2. The highest BCUT2D eigenvalue weighted by Crippen LogP contribution is 2.30. The smallest absolute Gasteiger partial charge is 0.277 e. The minimum absolute atomic E-state index is 0.00415. The van der Waals surface area contributed by atoms with Crippen LogP contribution >= 0.6 is 0 Å². The molecule has 174 valence electrons. The maximum absolute atomic E-state index is 12.8. The molecule has 11 heteroatoms. The highest BCUT2D eigenvalue weighted by atomic mass is 32.2. The van der Waals surface area contributed by atoms with Crippen LogP contribution in [0.5, 0.6) is 5.75 Å². The first-order chi connectivity index (χ1) is 15.3. The lowest BCUT2D eigenvalue weighted by Crippen LogP contribution is -2.25. The van der Waals surface area contributed by atoms with Crippen LogP contribution in [0.15, 0.2) is 27.9 Å².